The standard InChI is InChI=1S/C19H23N5O2/c1-22(2)19(26)10-18(25)17-9-16-13-23(7-8-24(16)21-17)12-15-5-3-14(11-20)4-6-15/h3-6,9,18,25H,7-8,10,12-13H2,1-2H3. The molecule has 0 saturated heterocycles. The van der Waals surface area contributed by atoms with Gasteiger partial charge in [-0.25, -0.2) is 0 Å². The fraction of sp³-hybridized carbons (Fsp3) is 0.421. The minimum atomic E-state index is -0.880. The number of carbonyl (C=O) groups excluding carboxylic acids is 1. The number of amides is 1. The Morgan fingerprint density at radius 3 is 2.73 bits per heavy atom. The van der Waals surface area contributed by atoms with Crippen LogP contribution in [0.5, 0.6) is 0 Å². The lowest BCUT2D eigenvalue weighted by molar-refractivity contribution is -0.130. The summed E-state index contributed by atoms with van der Waals surface area (Å²) >= 11 is 0. The SMILES string of the molecule is CN(C)C(=O)CC(O)c1cc2n(n1)CCN(Cc1ccc(C#N)cc1)C2. The van der Waals surface area contributed by atoms with E-state index in [2.05, 4.69) is 16.1 Å². The molecule has 1 amide bonds. The van der Waals surface area contributed by atoms with E-state index in [1.165, 1.54) is 4.90 Å². The van der Waals surface area contributed by atoms with Gasteiger partial charge < -0.3 is 10.0 Å². The van der Waals surface area contributed by atoms with Crippen molar-refractivity contribution in [2.24, 2.45) is 0 Å². The van der Waals surface area contributed by atoms with Crippen molar-refractivity contribution < 1.29 is 9.90 Å². The van der Waals surface area contributed by atoms with Crippen LogP contribution in [-0.4, -0.2) is 51.2 Å². The molecular formula is C19H23N5O2. The number of hydrogen-bond donors (Lipinski definition) is 1. The molecular weight excluding hydrogens is 330 g/mol. The number of fused-ring (bicyclic) bond motifs is 1. The first-order valence-electron chi connectivity index (χ1n) is 8.62. The van der Waals surface area contributed by atoms with Gasteiger partial charge in [0.25, 0.3) is 0 Å². The molecule has 3 rings (SSSR count). The number of aliphatic hydroxyl groups is 1. The monoisotopic (exact) mass is 353 g/mol. The van der Waals surface area contributed by atoms with Crippen molar-refractivity contribution in [1.29, 1.82) is 5.26 Å². The number of aliphatic hydroxyl groups excluding tert-OH is 1. The first-order chi connectivity index (χ1) is 12.5. The molecule has 7 nitrogen and oxygen atoms in total. The second-order valence-electron chi connectivity index (χ2n) is 6.81. The molecule has 2 aromatic rings. The smallest absolute Gasteiger partial charge is 0.225 e. The van der Waals surface area contributed by atoms with Crippen LogP contribution >= 0.6 is 0 Å². The predicted molar refractivity (Wildman–Crippen MR) is 95.8 cm³/mol. The Balaban J connectivity index is 1.64. The lowest BCUT2D eigenvalue weighted by Gasteiger charge is -2.27. The highest BCUT2D eigenvalue weighted by Crippen LogP contribution is 2.22. The summed E-state index contributed by atoms with van der Waals surface area (Å²) in [6.45, 7) is 3.15. The van der Waals surface area contributed by atoms with Gasteiger partial charge in [0.15, 0.2) is 0 Å². The molecule has 136 valence electrons. The average molecular weight is 353 g/mol. The molecule has 0 spiro atoms. The zero-order chi connectivity index (χ0) is 18.7. The number of carbonyl (C=O) groups is 1. The molecule has 0 aliphatic carbocycles. The highest BCUT2D eigenvalue weighted by molar-refractivity contribution is 5.76. The van der Waals surface area contributed by atoms with Crippen molar-refractivity contribution in [3.05, 3.63) is 52.8 Å². The maximum atomic E-state index is 11.8. The van der Waals surface area contributed by atoms with Crippen molar-refractivity contribution in [3.63, 3.8) is 0 Å². The van der Waals surface area contributed by atoms with Gasteiger partial charge >= 0.3 is 0 Å². The lowest BCUT2D eigenvalue weighted by atomic mass is 10.1. The molecule has 1 aromatic carbocycles. The summed E-state index contributed by atoms with van der Waals surface area (Å²) in [5.74, 6) is -0.120. The van der Waals surface area contributed by atoms with Gasteiger partial charge in [0.05, 0.1) is 36.0 Å². The number of nitriles is 1. The Bertz CT molecular complexity index is 819. The third-order valence-corrected chi connectivity index (χ3v) is 4.59. The van der Waals surface area contributed by atoms with E-state index in [9.17, 15) is 9.90 Å². The van der Waals surface area contributed by atoms with Crippen LogP contribution in [0.25, 0.3) is 0 Å². The fourth-order valence-corrected chi connectivity index (χ4v) is 3.04. The fourth-order valence-electron chi connectivity index (χ4n) is 3.04. The molecule has 1 unspecified atom stereocenters. The first-order valence-corrected chi connectivity index (χ1v) is 8.62. The van der Waals surface area contributed by atoms with E-state index in [-0.39, 0.29) is 12.3 Å². The molecule has 1 N–H and O–H groups in total. The van der Waals surface area contributed by atoms with Crippen molar-refractivity contribution in [1.82, 2.24) is 19.6 Å². The van der Waals surface area contributed by atoms with Crippen molar-refractivity contribution >= 4 is 5.91 Å². The van der Waals surface area contributed by atoms with E-state index >= 15 is 0 Å². The summed E-state index contributed by atoms with van der Waals surface area (Å²) in [6, 6.07) is 11.6. The third kappa shape index (κ3) is 4.10. The summed E-state index contributed by atoms with van der Waals surface area (Å²) in [5, 5.41) is 23.6. The Kier molecular flexibility index (Phi) is 5.35. The minimum absolute atomic E-state index is 0.0401. The number of aromatic nitrogens is 2. The molecule has 1 aliphatic rings. The number of benzene rings is 1. The predicted octanol–water partition coefficient (Wildman–Crippen LogP) is 1.28. The highest BCUT2D eigenvalue weighted by Gasteiger charge is 2.23. The Labute approximate surface area is 153 Å². The van der Waals surface area contributed by atoms with Crippen LogP contribution in [0.3, 0.4) is 0 Å². The van der Waals surface area contributed by atoms with E-state index in [1.807, 2.05) is 35.0 Å². The van der Waals surface area contributed by atoms with Gasteiger partial charge in [-0.1, -0.05) is 12.1 Å². The first kappa shape index (κ1) is 18.1. The zero-order valence-corrected chi connectivity index (χ0v) is 15.1. The molecule has 0 bridgehead atoms. The van der Waals surface area contributed by atoms with Crippen LogP contribution in [0.1, 0.15) is 35.0 Å². The summed E-state index contributed by atoms with van der Waals surface area (Å²) in [7, 11) is 3.35. The van der Waals surface area contributed by atoms with E-state index in [1.54, 1.807) is 14.1 Å². The molecule has 7 heteroatoms. The quantitative estimate of drug-likeness (QED) is 0.875. The molecule has 2 heterocycles. The average Bonchev–Trinajstić information content (AvgIpc) is 3.05. The van der Waals surface area contributed by atoms with Crippen molar-refractivity contribution in [2.75, 3.05) is 20.6 Å². The van der Waals surface area contributed by atoms with E-state index < -0.39 is 6.10 Å². The molecule has 1 aromatic heterocycles. The molecule has 0 radical (unpaired) electrons. The second kappa shape index (κ2) is 7.68. The topological polar surface area (TPSA) is 85.4 Å². The van der Waals surface area contributed by atoms with Crippen molar-refractivity contribution in [3.8, 4) is 6.07 Å². The van der Waals surface area contributed by atoms with Crippen LogP contribution in [-0.2, 0) is 24.4 Å². The van der Waals surface area contributed by atoms with Gasteiger partial charge in [-0.3, -0.25) is 14.4 Å². The van der Waals surface area contributed by atoms with E-state index in [0.717, 1.165) is 37.4 Å². The van der Waals surface area contributed by atoms with Gasteiger partial charge in [0.1, 0.15) is 6.10 Å². The summed E-state index contributed by atoms with van der Waals surface area (Å²) in [6.07, 6.45) is -0.840. The summed E-state index contributed by atoms with van der Waals surface area (Å²) in [4.78, 5) is 15.5. The van der Waals surface area contributed by atoms with Crippen LogP contribution in [0.2, 0.25) is 0 Å². The highest BCUT2D eigenvalue weighted by atomic mass is 16.3. The van der Waals surface area contributed by atoms with Gasteiger partial charge in [-0.2, -0.15) is 10.4 Å². The zero-order valence-electron chi connectivity index (χ0n) is 15.1. The maximum absolute atomic E-state index is 11.8. The lowest BCUT2D eigenvalue weighted by Crippen LogP contribution is -2.33. The van der Waals surface area contributed by atoms with Crippen LogP contribution in [0, 0.1) is 11.3 Å². The van der Waals surface area contributed by atoms with Gasteiger partial charge in [0, 0.05) is 33.7 Å². The molecule has 0 saturated carbocycles. The van der Waals surface area contributed by atoms with Gasteiger partial charge in [0.2, 0.25) is 5.91 Å². The number of rotatable bonds is 5. The van der Waals surface area contributed by atoms with Crippen LogP contribution in [0.4, 0.5) is 0 Å². The van der Waals surface area contributed by atoms with Crippen LogP contribution < -0.4 is 0 Å². The molecule has 1 atom stereocenters. The number of hydrogen-bond acceptors (Lipinski definition) is 5. The molecule has 26 heavy (non-hydrogen) atoms. The Morgan fingerprint density at radius 2 is 2.08 bits per heavy atom. The normalized spacial score (nSPS) is 15.2. The van der Waals surface area contributed by atoms with Gasteiger partial charge in [-0.05, 0) is 23.8 Å². The summed E-state index contributed by atoms with van der Waals surface area (Å²) in [5.41, 5.74) is 3.41. The molecule has 0 fully saturated rings. The third-order valence-electron chi connectivity index (χ3n) is 4.59. The number of nitrogens with zero attached hydrogens (tertiary/aromatic N) is 5. The maximum Gasteiger partial charge on any atom is 0.225 e. The van der Waals surface area contributed by atoms with E-state index in [4.69, 9.17) is 5.26 Å². The van der Waals surface area contributed by atoms with Crippen molar-refractivity contribution in [2.45, 2.75) is 32.2 Å². The van der Waals surface area contributed by atoms with Crippen LogP contribution in [0.15, 0.2) is 30.3 Å². The minimum Gasteiger partial charge on any atom is -0.386 e. The Hall–Kier alpha value is -2.69. The summed E-state index contributed by atoms with van der Waals surface area (Å²) < 4.78 is 1.91. The van der Waals surface area contributed by atoms with E-state index in [0.29, 0.717) is 11.3 Å². The second-order valence-corrected chi connectivity index (χ2v) is 6.81. The molecule has 1 aliphatic heterocycles. The van der Waals surface area contributed by atoms with Gasteiger partial charge in [-0.15, -0.1) is 0 Å². The largest absolute Gasteiger partial charge is 0.386 e. The Morgan fingerprint density at radius 1 is 1.35 bits per heavy atom.